The highest BCUT2D eigenvalue weighted by Crippen LogP contribution is 2.42. The van der Waals surface area contributed by atoms with Crippen LogP contribution in [0.25, 0.3) is 0 Å². The second-order valence-electron chi connectivity index (χ2n) is 4.82. The maximum atomic E-state index is 5.96. The van der Waals surface area contributed by atoms with Gasteiger partial charge in [-0.2, -0.15) is 0 Å². The zero-order chi connectivity index (χ0) is 10.9. The van der Waals surface area contributed by atoms with Crippen LogP contribution in [0.4, 0.5) is 0 Å². The van der Waals surface area contributed by atoms with Crippen LogP contribution in [-0.4, -0.2) is 19.2 Å². The van der Waals surface area contributed by atoms with E-state index in [1.165, 1.54) is 0 Å². The van der Waals surface area contributed by atoms with Gasteiger partial charge in [0.05, 0.1) is 0 Å². The molecule has 15 heavy (non-hydrogen) atoms. The molecular formula is C13H19NO. The molecule has 2 heteroatoms. The van der Waals surface area contributed by atoms with Crippen LogP contribution in [-0.2, 0) is 0 Å². The van der Waals surface area contributed by atoms with Gasteiger partial charge in [0.25, 0.3) is 0 Å². The van der Waals surface area contributed by atoms with Crippen molar-refractivity contribution in [2.45, 2.75) is 32.4 Å². The number of benzene rings is 1. The molecule has 82 valence electrons. The molecule has 2 atom stereocenters. The lowest BCUT2D eigenvalue weighted by atomic mass is 9.64. The molecule has 1 aliphatic carbocycles. The number of para-hydroxylation sites is 1. The van der Waals surface area contributed by atoms with Crippen LogP contribution in [0.5, 0.6) is 5.75 Å². The molecule has 0 amide bonds. The van der Waals surface area contributed by atoms with Crippen molar-refractivity contribution in [2.24, 2.45) is 5.41 Å². The Morgan fingerprint density at radius 1 is 1.27 bits per heavy atom. The van der Waals surface area contributed by atoms with Gasteiger partial charge >= 0.3 is 0 Å². The summed E-state index contributed by atoms with van der Waals surface area (Å²) < 4.78 is 5.96. The fraction of sp³-hybridized carbons (Fsp3) is 0.538. The van der Waals surface area contributed by atoms with Gasteiger partial charge in [-0.15, -0.1) is 0 Å². The number of rotatable bonds is 3. The molecule has 0 radical (unpaired) electrons. The lowest BCUT2D eigenvalue weighted by Crippen LogP contribution is -2.61. The molecule has 1 fully saturated rings. The Labute approximate surface area is 91.6 Å². The molecule has 1 N–H and O–H groups in total. The van der Waals surface area contributed by atoms with Gasteiger partial charge in [0.2, 0.25) is 0 Å². The van der Waals surface area contributed by atoms with Gasteiger partial charge in [0, 0.05) is 17.9 Å². The summed E-state index contributed by atoms with van der Waals surface area (Å²) in [7, 11) is 2.02. The predicted octanol–water partition coefficient (Wildman–Crippen LogP) is 2.45. The van der Waals surface area contributed by atoms with E-state index in [1.54, 1.807) is 0 Å². The quantitative estimate of drug-likeness (QED) is 0.818. The second-order valence-corrected chi connectivity index (χ2v) is 4.82. The minimum absolute atomic E-state index is 0.227. The van der Waals surface area contributed by atoms with Crippen LogP contribution in [0.15, 0.2) is 30.3 Å². The van der Waals surface area contributed by atoms with Crippen molar-refractivity contribution in [3.63, 3.8) is 0 Å². The SMILES string of the molecule is CN[C@H]1C[C@@H](Oc2ccccc2)C1(C)C. The maximum absolute atomic E-state index is 5.96. The summed E-state index contributed by atoms with van der Waals surface area (Å²) >= 11 is 0. The third-order valence-electron chi connectivity index (χ3n) is 3.55. The van der Waals surface area contributed by atoms with Crippen LogP contribution < -0.4 is 10.1 Å². The van der Waals surface area contributed by atoms with Gasteiger partial charge in [-0.05, 0) is 19.2 Å². The summed E-state index contributed by atoms with van der Waals surface area (Å²) in [6.45, 7) is 4.51. The summed E-state index contributed by atoms with van der Waals surface area (Å²) in [5.74, 6) is 0.977. The van der Waals surface area contributed by atoms with Crippen molar-refractivity contribution in [3.8, 4) is 5.75 Å². The predicted molar refractivity (Wildman–Crippen MR) is 62.1 cm³/mol. The van der Waals surface area contributed by atoms with E-state index in [2.05, 4.69) is 19.2 Å². The van der Waals surface area contributed by atoms with E-state index in [4.69, 9.17) is 4.74 Å². The highest BCUT2D eigenvalue weighted by Gasteiger charge is 2.49. The molecule has 0 bridgehead atoms. The Morgan fingerprint density at radius 2 is 1.93 bits per heavy atom. The standard InChI is InChI=1S/C13H19NO/c1-13(2)11(14-3)9-12(13)15-10-7-5-4-6-8-10/h4-8,11-12,14H,9H2,1-3H3/t11-,12+/m0/s1. The molecule has 0 aromatic heterocycles. The topological polar surface area (TPSA) is 21.3 Å². The first-order valence-electron chi connectivity index (χ1n) is 5.53. The van der Waals surface area contributed by atoms with Crippen LogP contribution in [0.1, 0.15) is 20.3 Å². The molecule has 0 unspecified atom stereocenters. The normalized spacial score (nSPS) is 28.2. The van der Waals surface area contributed by atoms with Gasteiger partial charge in [-0.25, -0.2) is 0 Å². The fourth-order valence-corrected chi connectivity index (χ4v) is 2.24. The Balaban J connectivity index is 1.99. The van der Waals surface area contributed by atoms with Crippen molar-refractivity contribution in [3.05, 3.63) is 30.3 Å². The summed E-state index contributed by atoms with van der Waals surface area (Å²) in [5.41, 5.74) is 0.227. The molecule has 1 aromatic rings. The molecule has 1 saturated carbocycles. The number of nitrogens with one attached hydrogen (secondary N) is 1. The monoisotopic (exact) mass is 205 g/mol. The van der Waals surface area contributed by atoms with Crippen LogP contribution >= 0.6 is 0 Å². The van der Waals surface area contributed by atoms with Crippen LogP contribution in [0.3, 0.4) is 0 Å². The molecule has 0 saturated heterocycles. The van der Waals surface area contributed by atoms with E-state index in [-0.39, 0.29) is 5.41 Å². The Hall–Kier alpha value is -1.02. The van der Waals surface area contributed by atoms with Gasteiger partial charge in [-0.1, -0.05) is 32.0 Å². The zero-order valence-corrected chi connectivity index (χ0v) is 9.66. The van der Waals surface area contributed by atoms with Crippen molar-refractivity contribution in [2.75, 3.05) is 7.05 Å². The first kappa shape index (κ1) is 10.5. The third-order valence-corrected chi connectivity index (χ3v) is 3.55. The maximum Gasteiger partial charge on any atom is 0.119 e. The first-order valence-corrected chi connectivity index (χ1v) is 5.53. The molecule has 0 spiro atoms. The Bertz CT molecular complexity index is 321. The van der Waals surface area contributed by atoms with Crippen LogP contribution in [0, 0.1) is 5.41 Å². The summed E-state index contributed by atoms with van der Waals surface area (Å²) in [4.78, 5) is 0. The molecule has 1 aliphatic rings. The second kappa shape index (κ2) is 3.86. The molecule has 1 aromatic carbocycles. The fourth-order valence-electron chi connectivity index (χ4n) is 2.24. The number of ether oxygens (including phenoxy) is 1. The lowest BCUT2D eigenvalue weighted by Gasteiger charge is -2.51. The average molecular weight is 205 g/mol. The van der Waals surface area contributed by atoms with E-state index >= 15 is 0 Å². The highest BCUT2D eigenvalue weighted by molar-refractivity contribution is 5.22. The lowest BCUT2D eigenvalue weighted by molar-refractivity contribution is -0.0520. The van der Waals surface area contributed by atoms with E-state index in [0.717, 1.165) is 12.2 Å². The minimum atomic E-state index is 0.227. The molecule has 0 heterocycles. The van der Waals surface area contributed by atoms with Gasteiger partial charge in [0.15, 0.2) is 0 Å². The third kappa shape index (κ3) is 1.86. The van der Waals surface area contributed by atoms with Crippen molar-refractivity contribution >= 4 is 0 Å². The minimum Gasteiger partial charge on any atom is -0.490 e. The van der Waals surface area contributed by atoms with E-state index in [0.29, 0.717) is 12.1 Å². The molecule has 2 nitrogen and oxygen atoms in total. The molecule has 0 aliphatic heterocycles. The van der Waals surface area contributed by atoms with Crippen LogP contribution in [0.2, 0.25) is 0 Å². The number of hydrogen-bond donors (Lipinski definition) is 1. The molecule has 2 rings (SSSR count). The summed E-state index contributed by atoms with van der Waals surface area (Å²) in [6.07, 6.45) is 1.43. The molecular weight excluding hydrogens is 186 g/mol. The van der Waals surface area contributed by atoms with E-state index < -0.39 is 0 Å². The van der Waals surface area contributed by atoms with Crippen molar-refractivity contribution in [1.29, 1.82) is 0 Å². The zero-order valence-electron chi connectivity index (χ0n) is 9.66. The van der Waals surface area contributed by atoms with Gasteiger partial charge in [-0.3, -0.25) is 0 Å². The van der Waals surface area contributed by atoms with Gasteiger partial charge < -0.3 is 10.1 Å². The Kier molecular flexibility index (Phi) is 2.70. The highest BCUT2D eigenvalue weighted by atomic mass is 16.5. The summed E-state index contributed by atoms with van der Waals surface area (Å²) in [5, 5.41) is 3.33. The smallest absolute Gasteiger partial charge is 0.119 e. The average Bonchev–Trinajstić information content (AvgIpc) is 2.25. The first-order chi connectivity index (χ1) is 7.14. The summed E-state index contributed by atoms with van der Waals surface area (Å²) in [6, 6.07) is 10.6. The number of hydrogen-bond acceptors (Lipinski definition) is 2. The van der Waals surface area contributed by atoms with Gasteiger partial charge in [0.1, 0.15) is 11.9 Å². The van der Waals surface area contributed by atoms with E-state index in [1.807, 2.05) is 37.4 Å². The van der Waals surface area contributed by atoms with Crippen molar-refractivity contribution < 1.29 is 4.74 Å². The van der Waals surface area contributed by atoms with E-state index in [9.17, 15) is 0 Å². The largest absolute Gasteiger partial charge is 0.490 e. The van der Waals surface area contributed by atoms with Crippen molar-refractivity contribution in [1.82, 2.24) is 5.32 Å². The Morgan fingerprint density at radius 3 is 2.47 bits per heavy atom.